The number of pyridine rings is 1. The van der Waals surface area contributed by atoms with Gasteiger partial charge < -0.3 is 14.8 Å². The van der Waals surface area contributed by atoms with Crippen molar-refractivity contribution in [3.63, 3.8) is 0 Å². The Morgan fingerprint density at radius 3 is 2.50 bits per heavy atom. The van der Waals surface area contributed by atoms with Crippen molar-refractivity contribution >= 4 is 5.82 Å². The summed E-state index contributed by atoms with van der Waals surface area (Å²) in [6.45, 7) is 5.07. The molecule has 7 heteroatoms. The van der Waals surface area contributed by atoms with Crippen LogP contribution >= 0.6 is 0 Å². The Morgan fingerprint density at radius 1 is 1.25 bits per heavy atom. The maximum absolute atomic E-state index is 12.7. The summed E-state index contributed by atoms with van der Waals surface area (Å²) < 4.78 is 48.5. The van der Waals surface area contributed by atoms with E-state index in [2.05, 4.69) is 10.3 Å². The average molecular weight is 292 g/mol. The highest BCUT2D eigenvalue weighted by Crippen LogP contribution is 2.32. The van der Waals surface area contributed by atoms with E-state index in [1.807, 2.05) is 13.8 Å². The molecule has 0 fully saturated rings. The number of rotatable bonds is 7. The van der Waals surface area contributed by atoms with E-state index >= 15 is 0 Å². The number of nitrogens with one attached hydrogen (secondary N) is 1. The predicted molar refractivity (Wildman–Crippen MR) is 69.9 cm³/mol. The molecule has 4 nitrogen and oxygen atoms in total. The summed E-state index contributed by atoms with van der Waals surface area (Å²) in [5.74, 6) is 0.438. The normalized spacial score (nSPS) is 11.8. The van der Waals surface area contributed by atoms with Gasteiger partial charge in [-0.2, -0.15) is 18.2 Å². The number of nitrogens with zero attached hydrogens (tertiary/aromatic N) is 1. The Balaban J connectivity index is 2.61. The van der Waals surface area contributed by atoms with Crippen LogP contribution in [0.2, 0.25) is 0 Å². The first-order valence-electron chi connectivity index (χ1n) is 6.30. The largest absolute Gasteiger partial charge is 0.475 e. The fourth-order valence-electron chi connectivity index (χ4n) is 1.40. The molecule has 1 aromatic rings. The molecule has 0 aliphatic heterocycles. The number of aromatic nitrogens is 1. The van der Waals surface area contributed by atoms with Gasteiger partial charge in [-0.25, -0.2) is 0 Å². The molecular weight excluding hydrogens is 273 g/mol. The highest BCUT2D eigenvalue weighted by Gasteiger charge is 2.31. The van der Waals surface area contributed by atoms with Crippen LogP contribution in [0, 0.1) is 5.92 Å². The molecule has 1 heterocycles. The molecule has 0 spiro atoms. The van der Waals surface area contributed by atoms with E-state index in [1.54, 1.807) is 0 Å². The minimum Gasteiger partial charge on any atom is -0.475 e. The van der Waals surface area contributed by atoms with Crippen LogP contribution in [0.4, 0.5) is 19.0 Å². The van der Waals surface area contributed by atoms with E-state index in [9.17, 15) is 13.2 Å². The van der Waals surface area contributed by atoms with E-state index in [0.29, 0.717) is 19.1 Å². The summed E-state index contributed by atoms with van der Waals surface area (Å²) in [5.41, 5.74) is -0.796. The summed E-state index contributed by atoms with van der Waals surface area (Å²) in [4.78, 5) is 3.91. The highest BCUT2D eigenvalue weighted by atomic mass is 19.4. The van der Waals surface area contributed by atoms with Crippen LogP contribution in [-0.4, -0.2) is 31.9 Å². The number of alkyl halides is 3. The van der Waals surface area contributed by atoms with Gasteiger partial charge in [0, 0.05) is 19.7 Å². The Kier molecular flexibility index (Phi) is 6.06. The third-order valence-corrected chi connectivity index (χ3v) is 2.31. The van der Waals surface area contributed by atoms with Crippen molar-refractivity contribution < 1.29 is 22.6 Å². The number of ether oxygens (including phenoxy) is 2. The maximum Gasteiger partial charge on any atom is 0.416 e. The summed E-state index contributed by atoms with van der Waals surface area (Å²) in [5, 5.41) is 2.57. The zero-order valence-electron chi connectivity index (χ0n) is 11.8. The van der Waals surface area contributed by atoms with Crippen LogP contribution in [0.5, 0.6) is 5.88 Å². The van der Waals surface area contributed by atoms with Crippen molar-refractivity contribution in [1.82, 2.24) is 4.98 Å². The zero-order chi connectivity index (χ0) is 15.2. The van der Waals surface area contributed by atoms with Crippen molar-refractivity contribution in [2.45, 2.75) is 20.0 Å². The summed E-state index contributed by atoms with van der Waals surface area (Å²) >= 11 is 0. The molecule has 0 radical (unpaired) electrons. The lowest BCUT2D eigenvalue weighted by Crippen LogP contribution is -2.12. The average Bonchev–Trinajstić information content (AvgIpc) is 2.36. The smallest absolute Gasteiger partial charge is 0.416 e. The van der Waals surface area contributed by atoms with Crippen LogP contribution in [0.25, 0.3) is 0 Å². The lowest BCUT2D eigenvalue weighted by molar-refractivity contribution is -0.137. The summed E-state index contributed by atoms with van der Waals surface area (Å²) in [6, 6.07) is 1.81. The third-order valence-electron chi connectivity index (χ3n) is 2.31. The van der Waals surface area contributed by atoms with Crippen LogP contribution in [-0.2, 0) is 10.9 Å². The molecular formula is C13H19F3N2O2. The Bertz CT molecular complexity index is 423. The molecule has 20 heavy (non-hydrogen) atoms. The van der Waals surface area contributed by atoms with Crippen molar-refractivity contribution in [2.24, 2.45) is 5.92 Å². The highest BCUT2D eigenvalue weighted by molar-refractivity contribution is 5.42. The van der Waals surface area contributed by atoms with Crippen LogP contribution in [0.15, 0.2) is 12.1 Å². The molecule has 0 unspecified atom stereocenters. The van der Waals surface area contributed by atoms with Gasteiger partial charge in [-0.15, -0.1) is 0 Å². The van der Waals surface area contributed by atoms with Crippen molar-refractivity contribution in [3.8, 4) is 5.88 Å². The van der Waals surface area contributed by atoms with Gasteiger partial charge in [-0.3, -0.25) is 0 Å². The van der Waals surface area contributed by atoms with Gasteiger partial charge in [0.25, 0.3) is 0 Å². The van der Waals surface area contributed by atoms with Crippen molar-refractivity contribution in [3.05, 3.63) is 17.7 Å². The Labute approximate surface area is 116 Å². The monoisotopic (exact) mass is 292 g/mol. The quantitative estimate of drug-likeness (QED) is 0.784. The zero-order valence-corrected chi connectivity index (χ0v) is 11.8. The van der Waals surface area contributed by atoms with E-state index in [0.717, 1.165) is 12.1 Å². The van der Waals surface area contributed by atoms with Crippen molar-refractivity contribution in [1.29, 1.82) is 0 Å². The SMILES string of the molecule is CNc1cc(C(F)(F)F)cc(OCCOCC(C)C)n1. The van der Waals surface area contributed by atoms with E-state index in [4.69, 9.17) is 9.47 Å². The first kappa shape index (κ1) is 16.6. The van der Waals surface area contributed by atoms with Gasteiger partial charge in [0.05, 0.1) is 12.2 Å². The molecule has 0 atom stereocenters. The van der Waals surface area contributed by atoms with E-state index in [-0.39, 0.29) is 18.3 Å². The Morgan fingerprint density at radius 2 is 1.95 bits per heavy atom. The first-order valence-corrected chi connectivity index (χ1v) is 6.30. The fourth-order valence-corrected chi connectivity index (χ4v) is 1.40. The summed E-state index contributed by atoms with van der Waals surface area (Å²) in [7, 11) is 1.50. The molecule has 0 aliphatic rings. The fraction of sp³-hybridized carbons (Fsp3) is 0.615. The van der Waals surface area contributed by atoms with Gasteiger partial charge in [0.1, 0.15) is 12.4 Å². The topological polar surface area (TPSA) is 43.4 Å². The molecule has 1 rings (SSSR count). The second-order valence-electron chi connectivity index (χ2n) is 4.64. The molecule has 0 aromatic carbocycles. The van der Waals surface area contributed by atoms with Gasteiger partial charge in [-0.05, 0) is 12.0 Å². The minimum absolute atomic E-state index is 0.0719. The molecule has 0 saturated carbocycles. The standard InChI is InChI=1S/C13H19F3N2O2/c1-9(2)8-19-4-5-20-12-7-10(13(14,15)16)6-11(17-3)18-12/h6-7,9H,4-5,8H2,1-3H3,(H,17,18). The second-order valence-corrected chi connectivity index (χ2v) is 4.64. The number of hydrogen-bond donors (Lipinski definition) is 1. The third kappa shape index (κ3) is 5.64. The van der Waals surface area contributed by atoms with Gasteiger partial charge in [-0.1, -0.05) is 13.8 Å². The first-order chi connectivity index (χ1) is 9.32. The van der Waals surface area contributed by atoms with E-state index in [1.165, 1.54) is 7.05 Å². The molecule has 0 amide bonds. The van der Waals surface area contributed by atoms with Crippen molar-refractivity contribution in [2.75, 3.05) is 32.2 Å². The van der Waals surface area contributed by atoms with Crippen LogP contribution in [0.1, 0.15) is 19.4 Å². The Hall–Kier alpha value is -1.50. The maximum atomic E-state index is 12.7. The number of anilines is 1. The molecule has 114 valence electrons. The lowest BCUT2D eigenvalue weighted by atomic mass is 10.2. The number of halogens is 3. The molecule has 0 aliphatic carbocycles. The molecule has 0 saturated heterocycles. The second kappa shape index (κ2) is 7.33. The molecule has 0 bridgehead atoms. The number of hydrogen-bond acceptors (Lipinski definition) is 4. The predicted octanol–water partition coefficient (Wildman–Crippen LogP) is 3.19. The molecule has 1 N–H and O–H groups in total. The van der Waals surface area contributed by atoms with Gasteiger partial charge in [0.15, 0.2) is 0 Å². The summed E-state index contributed by atoms with van der Waals surface area (Å²) in [6.07, 6.45) is -4.43. The molecule has 1 aromatic heterocycles. The van der Waals surface area contributed by atoms with Crippen LogP contribution in [0.3, 0.4) is 0 Å². The minimum atomic E-state index is -4.43. The lowest BCUT2D eigenvalue weighted by Gasteiger charge is -2.12. The van der Waals surface area contributed by atoms with E-state index < -0.39 is 11.7 Å². The van der Waals surface area contributed by atoms with Gasteiger partial charge in [0.2, 0.25) is 5.88 Å². The van der Waals surface area contributed by atoms with Gasteiger partial charge >= 0.3 is 6.18 Å². The van der Waals surface area contributed by atoms with Crippen LogP contribution < -0.4 is 10.1 Å².